The highest BCUT2D eigenvalue weighted by molar-refractivity contribution is 5.87. The third-order valence-corrected chi connectivity index (χ3v) is 5.48. The van der Waals surface area contributed by atoms with E-state index < -0.39 is 6.04 Å². The van der Waals surface area contributed by atoms with Crippen molar-refractivity contribution in [1.29, 1.82) is 0 Å². The molecule has 2 aromatic carbocycles. The summed E-state index contributed by atoms with van der Waals surface area (Å²) in [5.74, 6) is 1.29. The van der Waals surface area contributed by atoms with Gasteiger partial charge in [0.15, 0.2) is 0 Å². The van der Waals surface area contributed by atoms with E-state index in [1.165, 1.54) is 5.56 Å². The van der Waals surface area contributed by atoms with Crippen LogP contribution in [-0.2, 0) is 16.1 Å². The van der Waals surface area contributed by atoms with Crippen molar-refractivity contribution in [2.24, 2.45) is 0 Å². The van der Waals surface area contributed by atoms with E-state index in [0.29, 0.717) is 26.0 Å². The molecule has 0 bridgehead atoms. The van der Waals surface area contributed by atoms with Gasteiger partial charge < -0.3 is 19.7 Å². The third kappa shape index (κ3) is 7.91. The van der Waals surface area contributed by atoms with Crippen LogP contribution in [0.2, 0.25) is 0 Å². The van der Waals surface area contributed by atoms with E-state index in [0.717, 1.165) is 23.5 Å². The van der Waals surface area contributed by atoms with Gasteiger partial charge in [-0.2, -0.15) is 0 Å². The van der Waals surface area contributed by atoms with E-state index in [-0.39, 0.29) is 17.9 Å². The first-order chi connectivity index (χ1) is 15.3. The number of benzene rings is 2. The average Bonchev–Trinajstić information content (AvgIpc) is 2.80. The second-order valence-corrected chi connectivity index (χ2v) is 8.13. The molecular weight excluding hydrogens is 404 g/mol. The van der Waals surface area contributed by atoms with Gasteiger partial charge in [-0.25, -0.2) is 0 Å². The highest BCUT2D eigenvalue weighted by Gasteiger charge is 2.26. The molecule has 174 valence electrons. The number of ether oxygens (including phenoxy) is 2. The highest BCUT2D eigenvalue weighted by Crippen LogP contribution is 2.18. The maximum absolute atomic E-state index is 13.1. The zero-order valence-corrected chi connectivity index (χ0v) is 19.9. The molecule has 0 radical (unpaired) electrons. The van der Waals surface area contributed by atoms with Gasteiger partial charge >= 0.3 is 0 Å². The second-order valence-electron chi connectivity index (χ2n) is 8.13. The zero-order valence-electron chi connectivity index (χ0n) is 19.9. The molecule has 6 nitrogen and oxygen atoms in total. The van der Waals surface area contributed by atoms with Crippen LogP contribution in [0.15, 0.2) is 48.5 Å². The van der Waals surface area contributed by atoms with Crippen LogP contribution in [0.3, 0.4) is 0 Å². The predicted octanol–water partition coefficient (Wildman–Crippen LogP) is 4.49. The minimum Gasteiger partial charge on any atom is -0.497 e. The average molecular weight is 441 g/mol. The topological polar surface area (TPSA) is 67.9 Å². The van der Waals surface area contributed by atoms with Crippen molar-refractivity contribution in [3.63, 3.8) is 0 Å². The molecule has 0 aromatic heterocycles. The van der Waals surface area contributed by atoms with Crippen molar-refractivity contribution in [3.8, 4) is 11.5 Å². The number of amides is 2. The number of carbonyl (C=O) groups excluding carboxylic acids is 2. The Bertz CT molecular complexity index is 866. The monoisotopic (exact) mass is 440 g/mol. The molecule has 0 fully saturated rings. The van der Waals surface area contributed by atoms with Crippen molar-refractivity contribution in [2.75, 3.05) is 13.7 Å². The van der Waals surface area contributed by atoms with Crippen LogP contribution in [0.4, 0.5) is 0 Å². The molecule has 0 aliphatic heterocycles. The van der Waals surface area contributed by atoms with E-state index in [4.69, 9.17) is 9.47 Å². The minimum absolute atomic E-state index is 0.0571. The second kappa shape index (κ2) is 12.7. The van der Waals surface area contributed by atoms with Crippen LogP contribution in [0.5, 0.6) is 11.5 Å². The summed E-state index contributed by atoms with van der Waals surface area (Å²) in [4.78, 5) is 27.5. The molecule has 0 saturated carbocycles. The maximum Gasteiger partial charge on any atom is 0.242 e. The van der Waals surface area contributed by atoms with Crippen molar-refractivity contribution < 1.29 is 19.1 Å². The van der Waals surface area contributed by atoms with Crippen LogP contribution < -0.4 is 14.8 Å². The summed E-state index contributed by atoms with van der Waals surface area (Å²) in [7, 11) is 1.61. The molecule has 1 N–H and O–H groups in total. The molecule has 6 heteroatoms. The lowest BCUT2D eigenvalue weighted by Gasteiger charge is -2.30. The largest absolute Gasteiger partial charge is 0.497 e. The molecule has 0 heterocycles. The van der Waals surface area contributed by atoms with E-state index in [1.54, 1.807) is 18.9 Å². The lowest BCUT2D eigenvalue weighted by atomic mass is 10.1. The van der Waals surface area contributed by atoms with E-state index >= 15 is 0 Å². The van der Waals surface area contributed by atoms with E-state index in [1.807, 2.05) is 69.3 Å². The molecule has 2 atom stereocenters. The summed E-state index contributed by atoms with van der Waals surface area (Å²) in [5.41, 5.74) is 2.09. The fourth-order valence-corrected chi connectivity index (χ4v) is 3.21. The van der Waals surface area contributed by atoms with Gasteiger partial charge in [-0.3, -0.25) is 9.59 Å². The number of aryl methyl sites for hydroxylation is 1. The predicted molar refractivity (Wildman–Crippen MR) is 127 cm³/mol. The molecule has 2 aromatic rings. The van der Waals surface area contributed by atoms with Crippen molar-refractivity contribution in [1.82, 2.24) is 10.2 Å². The molecule has 0 spiro atoms. The normalized spacial score (nSPS) is 12.5. The van der Waals surface area contributed by atoms with E-state index in [2.05, 4.69) is 5.32 Å². The summed E-state index contributed by atoms with van der Waals surface area (Å²) in [6, 6.07) is 14.9. The summed E-state index contributed by atoms with van der Waals surface area (Å²) in [6.07, 6.45) is 1.70. The first-order valence-electron chi connectivity index (χ1n) is 11.3. The minimum atomic E-state index is -0.583. The molecule has 32 heavy (non-hydrogen) atoms. The Morgan fingerprint density at radius 1 is 1.06 bits per heavy atom. The number of carbonyl (C=O) groups is 2. The Balaban J connectivity index is 2.03. The highest BCUT2D eigenvalue weighted by atomic mass is 16.5. The Hall–Kier alpha value is -3.02. The Morgan fingerprint density at radius 2 is 1.78 bits per heavy atom. The van der Waals surface area contributed by atoms with Gasteiger partial charge in [-0.05, 0) is 63.4 Å². The smallest absolute Gasteiger partial charge is 0.242 e. The van der Waals surface area contributed by atoms with Gasteiger partial charge in [-0.1, -0.05) is 36.8 Å². The number of hydrogen-bond donors (Lipinski definition) is 1. The summed E-state index contributed by atoms with van der Waals surface area (Å²) < 4.78 is 11.0. The SMILES string of the molecule is CCC(C)NC(=O)C(C)N(Cc1cccc(OC)c1)C(=O)CCCOc1ccc(C)cc1. The fraction of sp³-hybridized carbons (Fsp3) is 0.462. The zero-order chi connectivity index (χ0) is 23.5. The Kier molecular flexibility index (Phi) is 10.1. The number of methoxy groups -OCH3 is 1. The molecule has 2 amide bonds. The summed E-state index contributed by atoms with van der Waals surface area (Å²) in [5, 5.41) is 2.98. The van der Waals surface area contributed by atoms with Gasteiger partial charge in [0.25, 0.3) is 0 Å². The van der Waals surface area contributed by atoms with Gasteiger partial charge in [0.05, 0.1) is 13.7 Å². The van der Waals surface area contributed by atoms with Crippen LogP contribution >= 0.6 is 0 Å². The lowest BCUT2D eigenvalue weighted by molar-refractivity contribution is -0.141. The van der Waals surface area contributed by atoms with Crippen LogP contribution in [0.1, 0.15) is 51.2 Å². The van der Waals surface area contributed by atoms with E-state index in [9.17, 15) is 9.59 Å². The molecule has 0 aliphatic rings. The van der Waals surface area contributed by atoms with Gasteiger partial charge in [0.2, 0.25) is 11.8 Å². The standard InChI is InChI=1S/C26H36N2O4/c1-6-20(3)27-26(30)21(4)28(18-22-9-7-10-24(17-22)31-5)25(29)11-8-16-32-23-14-12-19(2)13-15-23/h7,9-10,12-15,17,20-21H,6,8,11,16,18H2,1-5H3,(H,27,30). The van der Waals surface area contributed by atoms with Crippen LogP contribution in [-0.4, -0.2) is 42.5 Å². The van der Waals surface area contributed by atoms with Crippen molar-refractivity contribution >= 4 is 11.8 Å². The first-order valence-corrected chi connectivity index (χ1v) is 11.3. The third-order valence-electron chi connectivity index (χ3n) is 5.48. The van der Waals surface area contributed by atoms with Crippen LogP contribution in [0.25, 0.3) is 0 Å². The molecule has 2 rings (SSSR count). The first kappa shape index (κ1) is 25.2. The number of nitrogens with zero attached hydrogens (tertiary/aromatic N) is 1. The summed E-state index contributed by atoms with van der Waals surface area (Å²) in [6.45, 7) is 8.56. The quantitative estimate of drug-likeness (QED) is 0.494. The number of nitrogens with one attached hydrogen (secondary N) is 1. The molecule has 2 unspecified atom stereocenters. The van der Waals surface area contributed by atoms with Gasteiger partial charge in [-0.15, -0.1) is 0 Å². The van der Waals surface area contributed by atoms with Gasteiger partial charge in [0, 0.05) is 19.0 Å². The van der Waals surface area contributed by atoms with Crippen molar-refractivity contribution in [3.05, 3.63) is 59.7 Å². The number of hydrogen-bond acceptors (Lipinski definition) is 4. The van der Waals surface area contributed by atoms with Crippen LogP contribution in [0, 0.1) is 6.92 Å². The fourth-order valence-electron chi connectivity index (χ4n) is 3.21. The molecule has 0 saturated heterocycles. The molecular formula is C26H36N2O4. The maximum atomic E-state index is 13.1. The Morgan fingerprint density at radius 3 is 2.44 bits per heavy atom. The Labute approximate surface area is 191 Å². The molecule has 0 aliphatic carbocycles. The lowest BCUT2D eigenvalue weighted by Crippen LogP contribution is -2.49. The number of rotatable bonds is 12. The summed E-state index contributed by atoms with van der Waals surface area (Å²) >= 11 is 0. The van der Waals surface area contributed by atoms with Crippen molar-refractivity contribution in [2.45, 2.75) is 65.6 Å². The van der Waals surface area contributed by atoms with Gasteiger partial charge in [0.1, 0.15) is 17.5 Å².